The Labute approximate surface area is 111 Å². The molecule has 1 aromatic carbocycles. The first-order chi connectivity index (χ1) is 9.00. The quantitative estimate of drug-likeness (QED) is 0.859. The monoisotopic (exact) mass is 289 g/mol. The van der Waals surface area contributed by atoms with Gasteiger partial charge in [0.25, 0.3) is 0 Å². The summed E-state index contributed by atoms with van der Waals surface area (Å²) in [6.45, 7) is 0.0556. The van der Waals surface area contributed by atoms with Gasteiger partial charge in [-0.3, -0.25) is 4.98 Å². The number of halogens is 3. The molecule has 0 saturated carbocycles. The van der Waals surface area contributed by atoms with E-state index in [0.29, 0.717) is 0 Å². The maximum Gasteiger partial charge on any atom is 0.420 e. The first-order valence-corrected chi connectivity index (χ1v) is 6.14. The van der Waals surface area contributed by atoms with Gasteiger partial charge in [0.2, 0.25) is 0 Å². The minimum atomic E-state index is -4.49. The molecule has 19 heavy (non-hydrogen) atoms. The van der Waals surface area contributed by atoms with Crippen molar-refractivity contribution in [2.75, 3.05) is 7.11 Å². The van der Waals surface area contributed by atoms with Crippen LogP contribution in [0.2, 0.25) is 0 Å². The number of ether oxygens (including phenoxy) is 2. The third kappa shape index (κ3) is 3.37. The maximum atomic E-state index is 12.9. The van der Waals surface area contributed by atoms with Gasteiger partial charge in [0.1, 0.15) is 23.7 Å². The van der Waals surface area contributed by atoms with Crippen molar-refractivity contribution < 1.29 is 22.6 Å². The molecule has 0 spiro atoms. The fraction of sp³-hybridized carbons (Fsp3) is 0.250. The Balaban J connectivity index is 2.23. The van der Waals surface area contributed by atoms with Crippen LogP contribution in [0.25, 0.3) is 0 Å². The van der Waals surface area contributed by atoms with Crippen molar-refractivity contribution in [3.63, 3.8) is 0 Å². The van der Waals surface area contributed by atoms with Gasteiger partial charge in [-0.05, 0) is 18.2 Å². The van der Waals surface area contributed by atoms with Crippen molar-refractivity contribution in [3.05, 3.63) is 40.3 Å². The molecule has 0 aliphatic carbocycles. The number of benzene rings is 1. The molecule has 0 unspecified atom stereocenters. The first-order valence-electron chi connectivity index (χ1n) is 5.26. The Bertz CT molecular complexity index is 540. The lowest BCUT2D eigenvalue weighted by Gasteiger charge is -2.14. The van der Waals surface area contributed by atoms with Gasteiger partial charge in [0.05, 0.1) is 17.5 Å². The lowest BCUT2D eigenvalue weighted by atomic mass is 10.2. The highest BCUT2D eigenvalue weighted by atomic mass is 32.1. The Hall–Kier alpha value is -1.76. The molecule has 0 bridgehead atoms. The van der Waals surface area contributed by atoms with Gasteiger partial charge < -0.3 is 9.47 Å². The highest BCUT2D eigenvalue weighted by Gasteiger charge is 2.35. The molecule has 7 heteroatoms. The molecule has 0 radical (unpaired) electrons. The molecule has 102 valence electrons. The topological polar surface area (TPSA) is 31.4 Å². The molecular weight excluding hydrogens is 279 g/mol. The van der Waals surface area contributed by atoms with E-state index in [9.17, 15) is 13.2 Å². The number of methoxy groups -OCH3 is 1. The SMILES string of the molecule is COc1ccc(OCc2cncs2)c(C(F)(F)F)c1. The minimum absolute atomic E-state index is 0.0556. The van der Waals surface area contributed by atoms with Crippen LogP contribution in [0.15, 0.2) is 29.9 Å². The minimum Gasteiger partial charge on any atom is -0.497 e. The molecule has 0 aliphatic heterocycles. The summed E-state index contributed by atoms with van der Waals surface area (Å²) in [6, 6.07) is 3.60. The summed E-state index contributed by atoms with van der Waals surface area (Å²) >= 11 is 1.32. The van der Waals surface area contributed by atoms with Crippen LogP contribution in [-0.4, -0.2) is 12.1 Å². The van der Waals surface area contributed by atoms with E-state index in [0.717, 1.165) is 10.9 Å². The normalized spacial score (nSPS) is 11.4. The molecular formula is C12H10F3NO2S. The van der Waals surface area contributed by atoms with E-state index in [-0.39, 0.29) is 18.1 Å². The molecule has 2 aromatic rings. The van der Waals surface area contributed by atoms with Crippen molar-refractivity contribution in [1.29, 1.82) is 0 Å². The summed E-state index contributed by atoms with van der Waals surface area (Å²) in [6.07, 6.45) is -2.93. The molecule has 0 aliphatic rings. The fourth-order valence-corrected chi connectivity index (χ4v) is 1.95. The van der Waals surface area contributed by atoms with Crippen molar-refractivity contribution in [3.8, 4) is 11.5 Å². The van der Waals surface area contributed by atoms with Crippen molar-refractivity contribution in [1.82, 2.24) is 4.98 Å². The largest absolute Gasteiger partial charge is 0.497 e. The van der Waals surface area contributed by atoms with Crippen LogP contribution < -0.4 is 9.47 Å². The summed E-state index contributed by atoms with van der Waals surface area (Å²) < 4.78 is 48.6. The molecule has 0 atom stereocenters. The third-order valence-corrected chi connectivity index (χ3v) is 3.10. The number of hydrogen-bond acceptors (Lipinski definition) is 4. The van der Waals surface area contributed by atoms with E-state index in [4.69, 9.17) is 9.47 Å². The second-order valence-corrected chi connectivity index (χ2v) is 4.59. The number of hydrogen-bond donors (Lipinski definition) is 0. The van der Waals surface area contributed by atoms with E-state index in [1.807, 2.05) is 0 Å². The van der Waals surface area contributed by atoms with Gasteiger partial charge in [0, 0.05) is 6.20 Å². The van der Waals surface area contributed by atoms with Crippen LogP contribution >= 0.6 is 11.3 Å². The second-order valence-electron chi connectivity index (χ2n) is 3.62. The standard InChI is InChI=1S/C12H10F3NO2S/c1-17-8-2-3-11(10(4-8)12(13,14)15)18-6-9-5-16-7-19-9/h2-5,7H,6H2,1H3. The first kappa shape index (κ1) is 13.7. The molecule has 3 nitrogen and oxygen atoms in total. The summed E-state index contributed by atoms with van der Waals surface area (Å²) in [5, 5.41) is 0. The van der Waals surface area contributed by atoms with Gasteiger partial charge in [-0.15, -0.1) is 11.3 Å². The fourth-order valence-electron chi connectivity index (χ4n) is 1.45. The average Bonchev–Trinajstić information content (AvgIpc) is 2.88. The smallest absolute Gasteiger partial charge is 0.420 e. The van der Waals surface area contributed by atoms with E-state index >= 15 is 0 Å². The van der Waals surface area contributed by atoms with Crippen LogP contribution in [0.3, 0.4) is 0 Å². The third-order valence-electron chi connectivity index (χ3n) is 2.35. The van der Waals surface area contributed by atoms with Gasteiger partial charge in [-0.25, -0.2) is 0 Å². The van der Waals surface area contributed by atoms with Crippen LogP contribution in [0.5, 0.6) is 11.5 Å². The number of aromatic nitrogens is 1. The molecule has 1 heterocycles. The molecule has 2 rings (SSSR count). The summed E-state index contributed by atoms with van der Waals surface area (Å²) in [4.78, 5) is 4.58. The van der Waals surface area contributed by atoms with Crippen molar-refractivity contribution in [2.24, 2.45) is 0 Å². The number of rotatable bonds is 4. The zero-order valence-corrected chi connectivity index (χ0v) is 10.7. The average molecular weight is 289 g/mol. The molecule has 0 amide bonds. The number of thiazole rings is 1. The highest BCUT2D eigenvalue weighted by molar-refractivity contribution is 7.09. The lowest BCUT2D eigenvalue weighted by Crippen LogP contribution is -2.09. The van der Waals surface area contributed by atoms with E-state index in [2.05, 4.69) is 4.98 Å². The van der Waals surface area contributed by atoms with E-state index in [1.165, 1.54) is 30.6 Å². The van der Waals surface area contributed by atoms with Gasteiger partial charge >= 0.3 is 6.18 Å². The number of nitrogens with zero attached hydrogens (tertiary/aromatic N) is 1. The van der Waals surface area contributed by atoms with Crippen LogP contribution in [-0.2, 0) is 12.8 Å². The Kier molecular flexibility index (Phi) is 3.94. The van der Waals surface area contributed by atoms with Crippen LogP contribution in [0.1, 0.15) is 10.4 Å². The van der Waals surface area contributed by atoms with E-state index in [1.54, 1.807) is 11.7 Å². The van der Waals surface area contributed by atoms with Crippen LogP contribution in [0, 0.1) is 0 Å². The Morgan fingerprint density at radius 2 is 2.11 bits per heavy atom. The van der Waals surface area contributed by atoms with Gasteiger partial charge in [-0.1, -0.05) is 0 Å². The summed E-state index contributed by atoms with van der Waals surface area (Å²) in [5.41, 5.74) is 0.744. The molecule has 0 N–H and O–H groups in total. The lowest BCUT2D eigenvalue weighted by molar-refractivity contribution is -0.139. The number of alkyl halides is 3. The zero-order valence-electron chi connectivity index (χ0n) is 9.90. The van der Waals surface area contributed by atoms with Gasteiger partial charge in [-0.2, -0.15) is 13.2 Å². The predicted octanol–water partition coefficient (Wildman–Crippen LogP) is 3.75. The van der Waals surface area contributed by atoms with Gasteiger partial charge in [0.15, 0.2) is 0 Å². The van der Waals surface area contributed by atoms with E-state index < -0.39 is 11.7 Å². The second kappa shape index (κ2) is 5.48. The van der Waals surface area contributed by atoms with Crippen molar-refractivity contribution in [2.45, 2.75) is 12.8 Å². The molecule has 1 aromatic heterocycles. The summed E-state index contributed by atoms with van der Waals surface area (Å²) in [7, 11) is 1.31. The highest BCUT2D eigenvalue weighted by Crippen LogP contribution is 2.38. The summed E-state index contributed by atoms with van der Waals surface area (Å²) in [5.74, 6) is -0.0841. The predicted molar refractivity (Wildman–Crippen MR) is 64.4 cm³/mol. The molecule has 0 fully saturated rings. The maximum absolute atomic E-state index is 12.9. The molecule has 0 saturated heterocycles. The van der Waals surface area contributed by atoms with Crippen LogP contribution in [0.4, 0.5) is 13.2 Å². The van der Waals surface area contributed by atoms with Crippen molar-refractivity contribution >= 4 is 11.3 Å². The zero-order chi connectivity index (χ0) is 13.9. The Morgan fingerprint density at radius 3 is 2.68 bits per heavy atom. The Morgan fingerprint density at radius 1 is 1.32 bits per heavy atom.